The van der Waals surface area contributed by atoms with Crippen LogP contribution in [-0.2, 0) is 9.84 Å². The number of amides is 1. The van der Waals surface area contributed by atoms with E-state index in [9.17, 15) is 13.2 Å². The van der Waals surface area contributed by atoms with Crippen LogP contribution in [0.4, 0.5) is 0 Å². The number of piperazine rings is 1. The lowest BCUT2D eigenvalue weighted by Gasteiger charge is -2.34. The molecule has 0 aromatic heterocycles. The Morgan fingerprint density at radius 2 is 1.86 bits per heavy atom. The summed E-state index contributed by atoms with van der Waals surface area (Å²) in [5.74, 6) is -0.0440. The van der Waals surface area contributed by atoms with Crippen molar-refractivity contribution in [2.24, 2.45) is 0 Å². The van der Waals surface area contributed by atoms with Gasteiger partial charge in [0.15, 0.2) is 9.84 Å². The van der Waals surface area contributed by atoms with Gasteiger partial charge in [-0.1, -0.05) is 0 Å². The van der Waals surface area contributed by atoms with E-state index in [1.165, 1.54) is 12.1 Å². The van der Waals surface area contributed by atoms with E-state index in [1.807, 2.05) is 11.8 Å². The Kier molecular flexibility index (Phi) is 6.40. The predicted molar refractivity (Wildman–Crippen MR) is 89.4 cm³/mol. The maximum atomic E-state index is 12.5. The van der Waals surface area contributed by atoms with Crippen molar-refractivity contribution in [1.82, 2.24) is 10.2 Å². The average Bonchev–Trinajstić information content (AvgIpc) is 2.47. The number of hydrogen-bond donors (Lipinski definition) is 1. The van der Waals surface area contributed by atoms with E-state index in [-0.39, 0.29) is 29.3 Å². The molecule has 0 aliphatic carbocycles. The van der Waals surface area contributed by atoms with Gasteiger partial charge in [0.25, 0.3) is 5.91 Å². The van der Waals surface area contributed by atoms with Crippen LogP contribution in [0.1, 0.15) is 31.1 Å². The first kappa shape index (κ1) is 18.9. The molecule has 1 saturated heterocycles. The molecule has 0 bridgehead atoms. The molecule has 1 aromatic carbocycles. The average molecular weight is 347 g/mol. The number of hydrogen-bond acceptors (Lipinski definition) is 4. The molecule has 1 heterocycles. The maximum Gasteiger partial charge on any atom is 0.254 e. The minimum Gasteiger partial charge on any atom is -0.333 e. The second kappa shape index (κ2) is 7.44. The fourth-order valence-electron chi connectivity index (χ4n) is 2.37. The number of carbonyl (C=O) groups is 1. The van der Waals surface area contributed by atoms with Crippen LogP contribution in [-0.4, -0.2) is 50.2 Å². The highest BCUT2D eigenvalue weighted by Gasteiger charge is 2.25. The molecule has 0 spiro atoms. The van der Waals surface area contributed by atoms with Gasteiger partial charge in [-0.25, -0.2) is 8.42 Å². The van der Waals surface area contributed by atoms with Gasteiger partial charge in [0.1, 0.15) is 0 Å². The topological polar surface area (TPSA) is 66.5 Å². The van der Waals surface area contributed by atoms with Gasteiger partial charge in [0, 0.05) is 31.2 Å². The molecule has 1 aromatic rings. The maximum absolute atomic E-state index is 12.5. The molecule has 0 radical (unpaired) electrons. The lowest BCUT2D eigenvalue weighted by atomic mass is 10.1. The smallest absolute Gasteiger partial charge is 0.254 e. The van der Waals surface area contributed by atoms with Crippen molar-refractivity contribution in [3.8, 4) is 0 Å². The second-order valence-corrected chi connectivity index (χ2v) is 8.17. The van der Waals surface area contributed by atoms with Crippen molar-refractivity contribution < 1.29 is 13.2 Å². The normalized spacial score (nSPS) is 18.9. The number of rotatable bonds is 3. The molecule has 1 N–H and O–H groups in total. The molecule has 0 saturated carbocycles. The van der Waals surface area contributed by atoms with Crippen LogP contribution in [0, 0.1) is 0 Å². The van der Waals surface area contributed by atoms with Crippen molar-refractivity contribution in [2.75, 3.05) is 19.6 Å². The zero-order chi connectivity index (χ0) is 15.6. The van der Waals surface area contributed by atoms with Gasteiger partial charge in [-0.2, -0.15) is 0 Å². The SMILES string of the molecule is CC(C)S(=O)(=O)c1ccc(C(=O)N2CCNC[C@@H]2C)cc1.Cl. The summed E-state index contributed by atoms with van der Waals surface area (Å²) in [6.45, 7) is 7.54. The van der Waals surface area contributed by atoms with Gasteiger partial charge in [-0.3, -0.25) is 4.79 Å². The number of nitrogens with one attached hydrogen (secondary N) is 1. The Bertz CT molecular complexity index is 614. The minimum absolute atomic E-state index is 0. The standard InChI is InChI=1S/C15H22N2O3S.ClH/c1-11(2)21(19,20)14-6-4-13(5-7-14)15(18)17-9-8-16-10-12(17)3;/h4-7,11-12,16H,8-10H2,1-3H3;1H/t12-;/m0./s1. The monoisotopic (exact) mass is 346 g/mol. The molecule has 1 atom stereocenters. The van der Waals surface area contributed by atoms with Crippen molar-refractivity contribution in [1.29, 1.82) is 0 Å². The molecule has 7 heteroatoms. The fourth-order valence-corrected chi connectivity index (χ4v) is 3.43. The lowest BCUT2D eigenvalue weighted by molar-refractivity contribution is 0.0655. The first-order valence-corrected chi connectivity index (χ1v) is 8.74. The third kappa shape index (κ3) is 3.80. The molecule has 5 nitrogen and oxygen atoms in total. The van der Waals surface area contributed by atoms with E-state index < -0.39 is 15.1 Å². The van der Waals surface area contributed by atoms with Crippen LogP contribution in [0.2, 0.25) is 0 Å². The Labute approximate surface area is 138 Å². The van der Waals surface area contributed by atoms with E-state index in [1.54, 1.807) is 26.0 Å². The van der Waals surface area contributed by atoms with E-state index >= 15 is 0 Å². The molecular formula is C15H23ClN2O3S. The predicted octanol–water partition coefficient (Wildman–Crippen LogP) is 1.72. The molecule has 0 unspecified atom stereocenters. The first-order chi connectivity index (χ1) is 9.84. The highest BCUT2D eigenvalue weighted by molar-refractivity contribution is 7.92. The molecule has 1 fully saturated rings. The number of carbonyl (C=O) groups excluding carboxylic acids is 1. The van der Waals surface area contributed by atoms with Crippen molar-refractivity contribution in [3.63, 3.8) is 0 Å². The summed E-state index contributed by atoms with van der Waals surface area (Å²) in [7, 11) is -3.29. The van der Waals surface area contributed by atoms with Gasteiger partial charge in [-0.05, 0) is 45.0 Å². The third-order valence-electron chi connectivity index (χ3n) is 3.81. The van der Waals surface area contributed by atoms with Gasteiger partial charge >= 0.3 is 0 Å². The summed E-state index contributed by atoms with van der Waals surface area (Å²) >= 11 is 0. The largest absolute Gasteiger partial charge is 0.333 e. The Morgan fingerprint density at radius 1 is 1.27 bits per heavy atom. The number of nitrogens with zero attached hydrogens (tertiary/aromatic N) is 1. The summed E-state index contributed by atoms with van der Waals surface area (Å²) in [6.07, 6.45) is 0. The molecule has 124 valence electrons. The summed E-state index contributed by atoms with van der Waals surface area (Å²) < 4.78 is 24.1. The highest BCUT2D eigenvalue weighted by atomic mass is 35.5. The second-order valence-electron chi connectivity index (χ2n) is 5.67. The van der Waals surface area contributed by atoms with Crippen LogP contribution in [0.5, 0.6) is 0 Å². The van der Waals surface area contributed by atoms with Crippen LogP contribution in [0.3, 0.4) is 0 Å². The van der Waals surface area contributed by atoms with Crippen LogP contribution >= 0.6 is 12.4 Å². The zero-order valence-electron chi connectivity index (χ0n) is 13.1. The quantitative estimate of drug-likeness (QED) is 0.905. The van der Waals surface area contributed by atoms with E-state index in [0.29, 0.717) is 12.1 Å². The molecule has 1 amide bonds. The Morgan fingerprint density at radius 3 is 2.36 bits per heavy atom. The first-order valence-electron chi connectivity index (χ1n) is 7.19. The Hall–Kier alpha value is -1.11. The van der Waals surface area contributed by atoms with Crippen LogP contribution < -0.4 is 5.32 Å². The zero-order valence-corrected chi connectivity index (χ0v) is 14.7. The molecule has 2 rings (SSSR count). The summed E-state index contributed by atoms with van der Waals surface area (Å²) in [5, 5.41) is 2.77. The van der Waals surface area contributed by atoms with E-state index in [4.69, 9.17) is 0 Å². The Balaban J connectivity index is 0.00000242. The van der Waals surface area contributed by atoms with Crippen LogP contribution in [0.15, 0.2) is 29.2 Å². The molecule has 1 aliphatic heterocycles. The molecule has 1 aliphatic rings. The fraction of sp³-hybridized carbons (Fsp3) is 0.533. The third-order valence-corrected chi connectivity index (χ3v) is 5.98. The van der Waals surface area contributed by atoms with Crippen molar-refractivity contribution >= 4 is 28.2 Å². The lowest BCUT2D eigenvalue weighted by Crippen LogP contribution is -2.52. The van der Waals surface area contributed by atoms with Crippen molar-refractivity contribution in [2.45, 2.75) is 37.0 Å². The highest BCUT2D eigenvalue weighted by Crippen LogP contribution is 2.18. The van der Waals surface area contributed by atoms with Crippen LogP contribution in [0.25, 0.3) is 0 Å². The van der Waals surface area contributed by atoms with E-state index in [2.05, 4.69) is 5.32 Å². The van der Waals surface area contributed by atoms with E-state index in [0.717, 1.165) is 13.1 Å². The molecule has 22 heavy (non-hydrogen) atoms. The summed E-state index contributed by atoms with van der Waals surface area (Å²) in [6, 6.07) is 6.40. The summed E-state index contributed by atoms with van der Waals surface area (Å²) in [4.78, 5) is 14.5. The summed E-state index contributed by atoms with van der Waals surface area (Å²) in [5.41, 5.74) is 0.534. The minimum atomic E-state index is -3.29. The number of sulfone groups is 1. The number of benzene rings is 1. The van der Waals surface area contributed by atoms with Gasteiger partial charge in [0.05, 0.1) is 10.1 Å². The molecular weight excluding hydrogens is 324 g/mol. The van der Waals surface area contributed by atoms with Crippen molar-refractivity contribution in [3.05, 3.63) is 29.8 Å². The van der Waals surface area contributed by atoms with Gasteiger partial charge in [-0.15, -0.1) is 12.4 Å². The van der Waals surface area contributed by atoms with Gasteiger partial charge < -0.3 is 10.2 Å². The van der Waals surface area contributed by atoms with Gasteiger partial charge in [0.2, 0.25) is 0 Å². The number of halogens is 1.